The fourth-order valence-electron chi connectivity index (χ4n) is 1.76. The van der Waals surface area contributed by atoms with Gasteiger partial charge >= 0.3 is 5.97 Å². The normalized spacial score (nSPS) is 12.2. The second kappa shape index (κ2) is 7.07. The van der Waals surface area contributed by atoms with E-state index in [4.69, 9.17) is 10.5 Å². The molecule has 1 aromatic rings. The largest absolute Gasteiger partial charge is 0.427 e. The van der Waals surface area contributed by atoms with Crippen LogP contribution < -0.4 is 10.5 Å². The van der Waals surface area contributed by atoms with E-state index in [1.807, 2.05) is 18.2 Å². The van der Waals surface area contributed by atoms with Crippen molar-refractivity contribution in [2.75, 3.05) is 0 Å². The zero-order valence-electron chi connectivity index (χ0n) is 10.6. The Labute approximate surface area is 103 Å². The van der Waals surface area contributed by atoms with Crippen molar-refractivity contribution in [1.82, 2.24) is 0 Å². The van der Waals surface area contributed by atoms with Gasteiger partial charge in [0, 0.05) is 13.0 Å². The summed E-state index contributed by atoms with van der Waals surface area (Å²) >= 11 is 0. The predicted octanol–water partition coefficient (Wildman–Crippen LogP) is 3.19. The molecule has 0 saturated carbocycles. The lowest BCUT2D eigenvalue weighted by Crippen LogP contribution is -2.10. The molecule has 0 fully saturated rings. The first kappa shape index (κ1) is 13.7. The smallest absolute Gasteiger partial charge is 0.308 e. The lowest BCUT2D eigenvalue weighted by molar-refractivity contribution is -0.131. The van der Waals surface area contributed by atoms with Crippen molar-refractivity contribution in [3.05, 3.63) is 29.8 Å². The van der Waals surface area contributed by atoms with Crippen LogP contribution in [0.4, 0.5) is 0 Å². The highest BCUT2D eigenvalue weighted by Gasteiger charge is 2.07. The van der Waals surface area contributed by atoms with E-state index < -0.39 is 0 Å². The maximum absolute atomic E-state index is 10.9. The second-order valence-corrected chi connectivity index (χ2v) is 4.27. The van der Waals surface area contributed by atoms with Gasteiger partial charge in [-0.25, -0.2) is 0 Å². The van der Waals surface area contributed by atoms with Gasteiger partial charge in [-0.2, -0.15) is 0 Å². The molecule has 0 heterocycles. The van der Waals surface area contributed by atoms with Crippen molar-refractivity contribution >= 4 is 5.97 Å². The standard InChI is InChI=1S/C14H21NO2/c1-3-4-5-9-14(15)12-7-6-8-13(10-12)17-11(2)16/h6-8,10,14H,3-5,9,15H2,1-2H3/t14-/m1/s1. The van der Waals surface area contributed by atoms with Crippen LogP contribution in [0.5, 0.6) is 5.75 Å². The zero-order valence-corrected chi connectivity index (χ0v) is 10.6. The van der Waals surface area contributed by atoms with E-state index in [9.17, 15) is 4.79 Å². The minimum absolute atomic E-state index is 0.0251. The van der Waals surface area contributed by atoms with Crippen LogP contribution in [0.2, 0.25) is 0 Å². The number of nitrogens with two attached hydrogens (primary N) is 1. The Morgan fingerprint density at radius 3 is 2.82 bits per heavy atom. The molecule has 0 amide bonds. The Kier molecular flexibility index (Phi) is 5.70. The lowest BCUT2D eigenvalue weighted by atomic mass is 10.0. The summed E-state index contributed by atoms with van der Waals surface area (Å²) in [7, 11) is 0. The maximum atomic E-state index is 10.9. The summed E-state index contributed by atoms with van der Waals surface area (Å²) in [5, 5.41) is 0. The average Bonchev–Trinajstić information content (AvgIpc) is 2.28. The van der Waals surface area contributed by atoms with Gasteiger partial charge in [0.25, 0.3) is 0 Å². The lowest BCUT2D eigenvalue weighted by Gasteiger charge is -2.12. The highest BCUT2D eigenvalue weighted by atomic mass is 16.5. The molecule has 2 N–H and O–H groups in total. The molecule has 0 bridgehead atoms. The highest BCUT2D eigenvalue weighted by molar-refractivity contribution is 5.69. The average molecular weight is 235 g/mol. The summed E-state index contributed by atoms with van der Waals surface area (Å²) in [6.45, 7) is 3.57. The fourth-order valence-corrected chi connectivity index (χ4v) is 1.76. The molecular formula is C14H21NO2. The molecule has 0 aliphatic rings. The summed E-state index contributed by atoms with van der Waals surface area (Å²) in [6, 6.07) is 7.48. The first-order valence-electron chi connectivity index (χ1n) is 6.17. The van der Waals surface area contributed by atoms with Crippen LogP contribution in [0.1, 0.15) is 51.1 Å². The van der Waals surface area contributed by atoms with Gasteiger partial charge in [0.05, 0.1) is 0 Å². The molecule has 0 aliphatic heterocycles. The van der Waals surface area contributed by atoms with Gasteiger partial charge in [-0.15, -0.1) is 0 Å². The van der Waals surface area contributed by atoms with E-state index in [1.165, 1.54) is 19.8 Å². The molecule has 0 radical (unpaired) electrons. The topological polar surface area (TPSA) is 52.3 Å². The third kappa shape index (κ3) is 5.00. The first-order chi connectivity index (χ1) is 8.13. The molecule has 0 spiro atoms. The van der Waals surface area contributed by atoms with Crippen LogP contribution in [-0.2, 0) is 4.79 Å². The summed E-state index contributed by atoms with van der Waals surface area (Å²) in [5.74, 6) is 0.266. The van der Waals surface area contributed by atoms with Crippen LogP contribution in [0, 0.1) is 0 Å². The molecule has 17 heavy (non-hydrogen) atoms. The fraction of sp³-hybridized carbons (Fsp3) is 0.500. The Hall–Kier alpha value is -1.35. The molecule has 1 aromatic carbocycles. The number of hydrogen-bond acceptors (Lipinski definition) is 3. The monoisotopic (exact) mass is 235 g/mol. The molecule has 1 atom stereocenters. The van der Waals surface area contributed by atoms with Crippen LogP contribution >= 0.6 is 0 Å². The third-order valence-corrected chi connectivity index (χ3v) is 2.67. The Balaban J connectivity index is 2.60. The van der Waals surface area contributed by atoms with Crippen molar-refractivity contribution in [3.63, 3.8) is 0 Å². The number of benzene rings is 1. The SMILES string of the molecule is CCCCC[C@@H](N)c1cccc(OC(C)=O)c1. The number of esters is 1. The molecule has 3 nitrogen and oxygen atoms in total. The van der Waals surface area contributed by atoms with Crippen LogP contribution in [0.15, 0.2) is 24.3 Å². The number of carbonyl (C=O) groups is 1. The number of rotatable bonds is 6. The Morgan fingerprint density at radius 2 is 2.18 bits per heavy atom. The minimum Gasteiger partial charge on any atom is -0.427 e. The zero-order chi connectivity index (χ0) is 12.7. The number of unbranched alkanes of at least 4 members (excludes halogenated alkanes) is 2. The molecule has 3 heteroatoms. The Morgan fingerprint density at radius 1 is 1.41 bits per heavy atom. The summed E-state index contributed by atoms with van der Waals surface area (Å²) in [4.78, 5) is 10.9. The van der Waals surface area contributed by atoms with Gasteiger partial charge in [0.2, 0.25) is 0 Å². The summed E-state index contributed by atoms with van der Waals surface area (Å²) in [6.07, 6.45) is 4.50. The van der Waals surface area contributed by atoms with Crippen LogP contribution in [0.3, 0.4) is 0 Å². The number of hydrogen-bond donors (Lipinski definition) is 1. The Bertz CT molecular complexity index is 363. The molecular weight excluding hydrogens is 214 g/mol. The third-order valence-electron chi connectivity index (χ3n) is 2.67. The molecule has 0 aromatic heterocycles. The molecule has 1 rings (SSSR count). The van der Waals surface area contributed by atoms with Crippen LogP contribution in [-0.4, -0.2) is 5.97 Å². The highest BCUT2D eigenvalue weighted by Crippen LogP contribution is 2.21. The van der Waals surface area contributed by atoms with Crippen molar-refractivity contribution in [2.24, 2.45) is 5.73 Å². The molecule has 0 aliphatic carbocycles. The molecule has 0 saturated heterocycles. The van der Waals surface area contributed by atoms with E-state index in [0.29, 0.717) is 5.75 Å². The summed E-state index contributed by atoms with van der Waals surface area (Å²) < 4.78 is 5.04. The van der Waals surface area contributed by atoms with E-state index in [0.717, 1.165) is 18.4 Å². The van der Waals surface area contributed by atoms with E-state index in [1.54, 1.807) is 6.07 Å². The predicted molar refractivity (Wildman–Crippen MR) is 68.8 cm³/mol. The number of carbonyl (C=O) groups excluding carboxylic acids is 1. The first-order valence-corrected chi connectivity index (χ1v) is 6.17. The van der Waals surface area contributed by atoms with Gasteiger partial charge < -0.3 is 10.5 Å². The minimum atomic E-state index is -0.304. The van der Waals surface area contributed by atoms with Gasteiger partial charge in [-0.05, 0) is 24.1 Å². The van der Waals surface area contributed by atoms with Gasteiger partial charge in [-0.3, -0.25) is 4.79 Å². The van der Waals surface area contributed by atoms with Crippen molar-refractivity contribution in [2.45, 2.75) is 45.6 Å². The maximum Gasteiger partial charge on any atom is 0.308 e. The van der Waals surface area contributed by atoms with Crippen molar-refractivity contribution in [3.8, 4) is 5.75 Å². The van der Waals surface area contributed by atoms with Crippen molar-refractivity contribution in [1.29, 1.82) is 0 Å². The van der Waals surface area contributed by atoms with Gasteiger partial charge in [-0.1, -0.05) is 38.3 Å². The summed E-state index contributed by atoms with van der Waals surface area (Å²) in [5.41, 5.74) is 7.12. The quantitative estimate of drug-likeness (QED) is 0.468. The van der Waals surface area contributed by atoms with E-state index >= 15 is 0 Å². The van der Waals surface area contributed by atoms with Gasteiger partial charge in [0.15, 0.2) is 0 Å². The van der Waals surface area contributed by atoms with E-state index in [2.05, 4.69) is 6.92 Å². The van der Waals surface area contributed by atoms with Gasteiger partial charge in [0.1, 0.15) is 5.75 Å². The van der Waals surface area contributed by atoms with Crippen LogP contribution in [0.25, 0.3) is 0 Å². The number of ether oxygens (including phenoxy) is 1. The van der Waals surface area contributed by atoms with E-state index in [-0.39, 0.29) is 12.0 Å². The molecule has 94 valence electrons. The molecule has 0 unspecified atom stereocenters. The van der Waals surface area contributed by atoms with Crippen molar-refractivity contribution < 1.29 is 9.53 Å². The second-order valence-electron chi connectivity index (χ2n) is 4.27.